The maximum Gasteiger partial charge on any atom is 0.0457 e. The van der Waals surface area contributed by atoms with Crippen LogP contribution in [-0.2, 0) is 21.7 Å². The van der Waals surface area contributed by atoms with Gasteiger partial charge in [0.25, 0.3) is 0 Å². The van der Waals surface area contributed by atoms with Crippen molar-refractivity contribution >= 4 is 11.6 Å². The third-order valence-corrected chi connectivity index (χ3v) is 6.79. The lowest BCUT2D eigenvalue weighted by atomic mass is 9.86. The summed E-state index contributed by atoms with van der Waals surface area (Å²) in [6.07, 6.45) is 5.50. The van der Waals surface area contributed by atoms with E-state index in [4.69, 9.17) is 11.6 Å². The third-order valence-electron chi connectivity index (χ3n) is 6.55. The monoisotopic (exact) mass is 586 g/mol. The molecule has 0 aliphatic heterocycles. The van der Waals surface area contributed by atoms with Gasteiger partial charge in [-0.2, -0.15) is 0 Å². The lowest BCUT2D eigenvalue weighted by Crippen LogP contribution is -2.12. The lowest BCUT2D eigenvalue weighted by molar-refractivity contribution is 0.569. The first-order chi connectivity index (χ1) is 19.2. The normalized spacial score (nSPS) is 11.6. The van der Waals surface area contributed by atoms with Crippen LogP contribution in [0.15, 0.2) is 97.5 Å². The van der Waals surface area contributed by atoms with Gasteiger partial charge in [0.15, 0.2) is 0 Å². The van der Waals surface area contributed by atoms with Gasteiger partial charge in [-0.3, -0.25) is 9.97 Å². The molecule has 0 aliphatic carbocycles. The molecule has 3 heteroatoms. The molecule has 0 atom stereocenters. The quantitative estimate of drug-likeness (QED) is 0.205. The van der Waals surface area contributed by atoms with Crippen molar-refractivity contribution < 1.29 is 0 Å². The van der Waals surface area contributed by atoms with Crippen LogP contribution in [0.3, 0.4) is 0 Å². The summed E-state index contributed by atoms with van der Waals surface area (Å²) in [6.45, 7) is 28.5. The molecule has 4 aromatic rings. The van der Waals surface area contributed by atoms with Crippen LogP contribution in [0.1, 0.15) is 111 Å². The van der Waals surface area contributed by atoms with Crippen LogP contribution in [0.5, 0.6) is 0 Å². The van der Waals surface area contributed by atoms with Gasteiger partial charge in [-0.25, -0.2) is 0 Å². The topological polar surface area (TPSA) is 25.8 Å². The zero-order chi connectivity index (χ0) is 32.2. The number of nitrogens with zero attached hydrogens (tertiary/aromatic N) is 2. The van der Waals surface area contributed by atoms with E-state index in [9.17, 15) is 0 Å². The Labute approximate surface area is 263 Å². The van der Waals surface area contributed by atoms with E-state index in [-0.39, 0.29) is 21.7 Å². The molecule has 228 valence electrons. The Bertz CT molecular complexity index is 1200. The molecule has 0 saturated heterocycles. The Morgan fingerprint density at radius 2 is 0.976 bits per heavy atom. The zero-order valence-electron chi connectivity index (χ0n) is 28.5. The fourth-order valence-electron chi connectivity index (χ4n) is 3.72. The number of pyridine rings is 2. The van der Waals surface area contributed by atoms with E-state index in [0.29, 0.717) is 0 Å². The van der Waals surface area contributed by atoms with Gasteiger partial charge in [0.2, 0.25) is 0 Å². The second-order valence-corrected chi connectivity index (χ2v) is 15.3. The van der Waals surface area contributed by atoms with Crippen molar-refractivity contribution in [2.45, 2.75) is 112 Å². The Balaban J connectivity index is 0.000000280. The van der Waals surface area contributed by atoms with E-state index in [2.05, 4.69) is 149 Å². The van der Waals surface area contributed by atoms with Crippen molar-refractivity contribution in [1.29, 1.82) is 0 Å². The standard InChI is InChI=1S/C11H16.C10H13Cl.2C9H13N/c1-9-6-5-7-10(8-9)11(2,3)4;1-10(2,3)8-5-4-6-9(11)7-8;1-9(2,3)8-4-6-10-7-5-8;1-9(2,3)8-6-4-5-7-10-8/h5-8H,1-4H3;4-7H,1-3H3;2*4-7H,1-3H3. The molecule has 0 amide bonds. The zero-order valence-corrected chi connectivity index (χ0v) is 29.3. The summed E-state index contributed by atoms with van der Waals surface area (Å²) >= 11 is 5.85. The number of hydrogen-bond acceptors (Lipinski definition) is 2. The van der Waals surface area contributed by atoms with E-state index in [1.165, 1.54) is 22.3 Å². The predicted octanol–water partition coefficient (Wildman–Crippen LogP) is 11.7. The molecule has 0 spiro atoms. The molecule has 0 saturated carbocycles. The van der Waals surface area contributed by atoms with Gasteiger partial charge in [-0.15, -0.1) is 0 Å². The van der Waals surface area contributed by atoms with Crippen LogP contribution in [-0.4, -0.2) is 9.97 Å². The van der Waals surface area contributed by atoms with Crippen molar-refractivity contribution in [2.75, 3.05) is 0 Å². The Morgan fingerprint density at radius 1 is 0.476 bits per heavy atom. The third kappa shape index (κ3) is 14.8. The van der Waals surface area contributed by atoms with Crippen molar-refractivity contribution in [3.63, 3.8) is 0 Å². The van der Waals surface area contributed by atoms with Crippen LogP contribution in [0.25, 0.3) is 0 Å². The van der Waals surface area contributed by atoms with Crippen LogP contribution < -0.4 is 0 Å². The molecular formula is C39H55ClN2. The van der Waals surface area contributed by atoms with Gasteiger partial charge in [0.05, 0.1) is 0 Å². The fraction of sp³-hybridized carbons (Fsp3) is 0.436. The summed E-state index contributed by atoms with van der Waals surface area (Å²) in [7, 11) is 0. The first-order valence-electron chi connectivity index (χ1n) is 14.9. The number of benzene rings is 2. The molecule has 0 fully saturated rings. The Morgan fingerprint density at radius 3 is 1.29 bits per heavy atom. The molecule has 2 heterocycles. The first kappa shape index (κ1) is 37.1. The molecule has 2 nitrogen and oxygen atoms in total. The van der Waals surface area contributed by atoms with E-state index in [1.54, 1.807) is 0 Å². The molecule has 4 rings (SSSR count). The Hall–Kier alpha value is -2.97. The Kier molecular flexibility index (Phi) is 14.1. The van der Waals surface area contributed by atoms with Crippen molar-refractivity contribution in [3.05, 3.63) is 130 Å². The van der Waals surface area contributed by atoms with Crippen LogP contribution in [0.2, 0.25) is 5.02 Å². The lowest BCUT2D eigenvalue weighted by Gasteiger charge is -2.19. The summed E-state index contributed by atoms with van der Waals surface area (Å²) in [4.78, 5) is 8.21. The minimum Gasteiger partial charge on any atom is -0.265 e. The highest BCUT2D eigenvalue weighted by Gasteiger charge is 2.14. The SMILES string of the molecule is CC(C)(C)c1cccc(Cl)c1.CC(C)(C)c1ccccn1.CC(C)(C)c1ccncc1.Cc1cccc(C(C)(C)C)c1. The first-order valence-corrected chi connectivity index (χ1v) is 15.2. The van der Waals surface area contributed by atoms with Gasteiger partial charge in [0, 0.05) is 34.7 Å². The van der Waals surface area contributed by atoms with Gasteiger partial charge >= 0.3 is 0 Å². The molecule has 0 unspecified atom stereocenters. The molecule has 2 aromatic carbocycles. The number of aromatic nitrogens is 2. The van der Waals surface area contributed by atoms with E-state index in [1.807, 2.05) is 48.9 Å². The largest absolute Gasteiger partial charge is 0.265 e. The molecule has 0 N–H and O–H groups in total. The van der Waals surface area contributed by atoms with Crippen LogP contribution in [0.4, 0.5) is 0 Å². The summed E-state index contributed by atoms with van der Waals surface area (Å²) in [5.74, 6) is 0. The highest BCUT2D eigenvalue weighted by molar-refractivity contribution is 6.30. The minimum atomic E-state index is 0.182. The van der Waals surface area contributed by atoms with Gasteiger partial charge in [0.1, 0.15) is 0 Å². The molecule has 0 aliphatic rings. The predicted molar refractivity (Wildman–Crippen MR) is 186 cm³/mol. The van der Waals surface area contributed by atoms with E-state index < -0.39 is 0 Å². The summed E-state index contributed by atoms with van der Waals surface area (Å²) in [5.41, 5.74) is 7.44. The number of halogens is 1. The van der Waals surface area contributed by atoms with Gasteiger partial charge in [-0.1, -0.05) is 143 Å². The second kappa shape index (κ2) is 16.0. The van der Waals surface area contributed by atoms with Crippen molar-refractivity contribution in [1.82, 2.24) is 9.97 Å². The van der Waals surface area contributed by atoms with Crippen LogP contribution in [0, 0.1) is 6.92 Å². The van der Waals surface area contributed by atoms with E-state index in [0.717, 1.165) is 10.7 Å². The minimum absolute atomic E-state index is 0.182. The summed E-state index contributed by atoms with van der Waals surface area (Å²) in [6, 6.07) is 26.8. The van der Waals surface area contributed by atoms with Crippen molar-refractivity contribution in [3.8, 4) is 0 Å². The molecule has 0 bridgehead atoms. The highest BCUT2D eigenvalue weighted by atomic mass is 35.5. The van der Waals surface area contributed by atoms with Gasteiger partial charge < -0.3 is 0 Å². The molecule has 0 radical (unpaired) electrons. The number of aryl methyl sites for hydroxylation is 1. The van der Waals surface area contributed by atoms with Crippen molar-refractivity contribution in [2.24, 2.45) is 0 Å². The average molecular weight is 587 g/mol. The molecule has 42 heavy (non-hydrogen) atoms. The molecular weight excluding hydrogens is 532 g/mol. The van der Waals surface area contributed by atoms with Gasteiger partial charge in [-0.05, 0) is 76.3 Å². The number of rotatable bonds is 0. The number of hydrogen-bond donors (Lipinski definition) is 0. The maximum absolute atomic E-state index is 5.85. The maximum atomic E-state index is 5.85. The second-order valence-electron chi connectivity index (χ2n) is 14.8. The molecule has 2 aromatic heterocycles. The smallest absolute Gasteiger partial charge is 0.0457 e. The summed E-state index contributed by atoms with van der Waals surface area (Å²) in [5, 5.41) is 0.817. The fourth-order valence-corrected chi connectivity index (χ4v) is 3.92. The average Bonchev–Trinajstić information content (AvgIpc) is 2.89. The van der Waals surface area contributed by atoms with E-state index >= 15 is 0 Å². The van der Waals surface area contributed by atoms with Crippen LogP contribution >= 0.6 is 11.6 Å². The summed E-state index contributed by atoms with van der Waals surface area (Å²) < 4.78 is 0. The highest BCUT2D eigenvalue weighted by Crippen LogP contribution is 2.25.